The smallest absolute Gasteiger partial charge is 0.410 e. The van der Waals surface area contributed by atoms with E-state index in [0.717, 1.165) is 0 Å². The van der Waals surface area contributed by atoms with Gasteiger partial charge in [-0.3, -0.25) is 4.79 Å². The van der Waals surface area contributed by atoms with Gasteiger partial charge >= 0.3 is 6.09 Å². The molecule has 1 rings (SSSR count). The molecule has 18 heavy (non-hydrogen) atoms. The predicted octanol–water partition coefficient (Wildman–Crippen LogP) is 0.413. The van der Waals surface area contributed by atoms with Crippen molar-refractivity contribution in [1.29, 1.82) is 0 Å². The Hall–Kier alpha value is -1.30. The Morgan fingerprint density at radius 3 is 2.39 bits per heavy atom. The minimum absolute atomic E-state index is 0.0131. The van der Waals surface area contributed by atoms with Crippen molar-refractivity contribution in [2.75, 3.05) is 26.2 Å². The summed E-state index contributed by atoms with van der Waals surface area (Å²) in [5, 5.41) is 0. The lowest BCUT2D eigenvalue weighted by molar-refractivity contribution is -0.132. The zero-order valence-corrected chi connectivity index (χ0v) is 11.6. The van der Waals surface area contributed by atoms with Crippen LogP contribution in [0, 0.1) is 0 Å². The maximum absolute atomic E-state index is 11.9. The lowest BCUT2D eigenvalue weighted by Gasteiger charge is -2.40. The van der Waals surface area contributed by atoms with E-state index in [-0.39, 0.29) is 24.6 Å². The SMILES string of the molecule is CC1CN(C(=O)CN)CCN1C(=O)OC(C)(C)C. The summed E-state index contributed by atoms with van der Waals surface area (Å²) in [7, 11) is 0. The Morgan fingerprint density at radius 1 is 1.33 bits per heavy atom. The first-order chi connectivity index (χ1) is 8.24. The first-order valence-corrected chi connectivity index (χ1v) is 6.22. The van der Waals surface area contributed by atoms with Crippen LogP contribution in [0.1, 0.15) is 27.7 Å². The molecule has 0 saturated carbocycles. The van der Waals surface area contributed by atoms with Crippen molar-refractivity contribution in [3.8, 4) is 0 Å². The standard InChI is InChI=1S/C12H23N3O3/c1-9-8-14(10(16)7-13)5-6-15(9)11(17)18-12(2,3)4/h9H,5-8,13H2,1-4H3. The van der Waals surface area contributed by atoms with Crippen LogP contribution < -0.4 is 5.73 Å². The van der Waals surface area contributed by atoms with Gasteiger partial charge in [-0.05, 0) is 27.7 Å². The number of amides is 2. The highest BCUT2D eigenvalue weighted by atomic mass is 16.6. The molecular weight excluding hydrogens is 234 g/mol. The summed E-state index contributed by atoms with van der Waals surface area (Å²) >= 11 is 0. The van der Waals surface area contributed by atoms with Gasteiger partial charge in [-0.1, -0.05) is 0 Å². The summed E-state index contributed by atoms with van der Waals surface area (Å²) in [6, 6.07) is -0.0518. The molecule has 1 heterocycles. The molecule has 0 spiro atoms. The van der Waals surface area contributed by atoms with Gasteiger partial charge in [-0.25, -0.2) is 4.79 Å². The Balaban J connectivity index is 2.57. The number of ether oxygens (including phenoxy) is 1. The van der Waals surface area contributed by atoms with Gasteiger partial charge in [0.15, 0.2) is 0 Å². The lowest BCUT2D eigenvalue weighted by atomic mass is 10.2. The van der Waals surface area contributed by atoms with Crippen molar-refractivity contribution >= 4 is 12.0 Å². The third kappa shape index (κ3) is 3.87. The second-order valence-corrected chi connectivity index (χ2v) is 5.57. The van der Waals surface area contributed by atoms with Crippen LogP contribution >= 0.6 is 0 Å². The number of carbonyl (C=O) groups is 2. The quantitative estimate of drug-likeness (QED) is 0.738. The number of hydrogen-bond acceptors (Lipinski definition) is 4. The summed E-state index contributed by atoms with van der Waals surface area (Å²) in [6.07, 6.45) is -0.324. The van der Waals surface area contributed by atoms with Crippen LogP contribution in [-0.4, -0.2) is 59.6 Å². The molecule has 0 aromatic carbocycles. The van der Waals surface area contributed by atoms with Crippen LogP contribution in [0.5, 0.6) is 0 Å². The van der Waals surface area contributed by atoms with E-state index in [2.05, 4.69) is 0 Å². The van der Waals surface area contributed by atoms with E-state index in [4.69, 9.17) is 10.5 Å². The van der Waals surface area contributed by atoms with Crippen LogP contribution in [0.15, 0.2) is 0 Å². The van der Waals surface area contributed by atoms with E-state index in [0.29, 0.717) is 19.6 Å². The van der Waals surface area contributed by atoms with Crippen molar-refractivity contribution in [2.24, 2.45) is 5.73 Å². The van der Waals surface area contributed by atoms with E-state index < -0.39 is 5.60 Å². The van der Waals surface area contributed by atoms with Crippen molar-refractivity contribution in [3.63, 3.8) is 0 Å². The van der Waals surface area contributed by atoms with Crippen LogP contribution in [0.4, 0.5) is 4.79 Å². The second kappa shape index (κ2) is 5.56. The van der Waals surface area contributed by atoms with Gasteiger partial charge in [0.05, 0.1) is 6.54 Å². The van der Waals surface area contributed by atoms with E-state index in [1.54, 1.807) is 9.80 Å². The topological polar surface area (TPSA) is 75.9 Å². The number of nitrogens with two attached hydrogens (primary N) is 1. The summed E-state index contributed by atoms with van der Waals surface area (Å²) in [4.78, 5) is 26.8. The van der Waals surface area contributed by atoms with Crippen LogP contribution in [0.3, 0.4) is 0 Å². The van der Waals surface area contributed by atoms with Crippen molar-refractivity contribution in [1.82, 2.24) is 9.80 Å². The summed E-state index contributed by atoms with van der Waals surface area (Å²) in [5.74, 6) is -0.0781. The molecule has 6 nitrogen and oxygen atoms in total. The van der Waals surface area contributed by atoms with Crippen LogP contribution in [0.2, 0.25) is 0 Å². The van der Waals surface area contributed by atoms with Gasteiger partial charge in [-0.2, -0.15) is 0 Å². The van der Waals surface area contributed by atoms with E-state index in [1.165, 1.54) is 0 Å². The first kappa shape index (κ1) is 14.8. The minimum Gasteiger partial charge on any atom is -0.444 e. The number of nitrogens with zero attached hydrogens (tertiary/aromatic N) is 2. The maximum atomic E-state index is 11.9. The highest BCUT2D eigenvalue weighted by Crippen LogP contribution is 2.15. The molecule has 1 aliphatic rings. The molecule has 1 aliphatic heterocycles. The lowest BCUT2D eigenvalue weighted by Crippen LogP contribution is -2.57. The summed E-state index contributed by atoms with van der Waals surface area (Å²) < 4.78 is 5.33. The van der Waals surface area contributed by atoms with Gasteiger partial charge in [0, 0.05) is 25.7 Å². The van der Waals surface area contributed by atoms with Gasteiger partial charge in [0.1, 0.15) is 5.60 Å². The van der Waals surface area contributed by atoms with Gasteiger partial charge in [-0.15, -0.1) is 0 Å². The zero-order valence-electron chi connectivity index (χ0n) is 11.6. The Kier molecular flexibility index (Phi) is 4.56. The fourth-order valence-corrected chi connectivity index (χ4v) is 1.91. The van der Waals surface area contributed by atoms with Crippen molar-refractivity contribution in [3.05, 3.63) is 0 Å². The average molecular weight is 257 g/mol. The van der Waals surface area contributed by atoms with E-state index in [1.807, 2.05) is 27.7 Å². The van der Waals surface area contributed by atoms with Crippen molar-refractivity contribution in [2.45, 2.75) is 39.3 Å². The molecule has 1 unspecified atom stereocenters. The predicted molar refractivity (Wildman–Crippen MR) is 68.0 cm³/mol. The van der Waals surface area contributed by atoms with Crippen LogP contribution in [-0.2, 0) is 9.53 Å². The first-order valence-electron chi connectivity index (χ1n) is 6.22. The third-order valence-electron chi connectivity index (χ3n) is 2.78. The maximum Gasteiger partial charge on any atom is 0.410 e. The fourth-order valence-electron chi connectivity index (χ4n) is 1.91. The van der Waals surface area contributed by atoms with Gasteiger partial charge in [0.25, 0.3) is 0 Å². The van der Waals surface area contributed by atoms with E-state index in [9.17, 15) is 9.59 Å². The summed E-state index contributed by atoms with van der Waals surface area (Å²) in [5.41, 5.74) is 4.83. The monoisotopic (exact) mass is 257 g/mol. The fraction of sp³-hybridized carbons (Fsp3) is 0.833. The molecular formula is C12H23N3O3. The molecule has 2 N–H and O–H groups in total. The molecule has 1 saturated heterocycles. The zero-order chi connectivity index (χ0) is 13.9. The molecule has 1 atom stereocenters. The normalized spacial score (nSPS) is 20.8. The number of carbonyl (C=O) groups excluding carboxylic acids is 2. The number of hydrogen-bond donors (Lipinski definition) is 1. The highest BCUT2D eigenvalue weighted by Gasteiger charge is 2.31. The highest BCUT2D eigenvalue weighted by molar-refractivity contribution is 5.78. The molecule has 0 bridgehead atoms. The minimum atomic E-state index is -0.499. The Morgan fingerprint density at radius 2 is 1.94 bits per heavy atom. The van der Waals surface area contributed by atoms with Gasteiger partial charge < -0.3 is 20.3 Å². The van der Waals surface area contributed by atoms with Crippen molar-refractivity contribution < 1.29 is 14.3 Å². The van der Waals surface area contributed by atoms with E-state index >= 15 is 0 Å². The second-order valence-electron chi connectivity index (χ2n) is 5.57. The number of piperazine rings is 1. The molecule has 6 heteroatoms. The Bertz CT molecular complexity index is 325. The van der Waals surface area contributed by atoms with Crippen LogP contribution in [0.25, 0.3) is 0 Å². The molecule has 1 fully saturated rings. The molecule has 0 aromatic rings. The largest absolute Gasteiger partial charge is 0.444 e. The average Bonchev–Trinajstić information content (AvgIpc) is 2.25. The molecule has 0 aromatic heterocycles. The summed E-state index contributed by atoms with van der Waals surface area (Å²) in [6.45, 7) is 8.94. The molecule has 0 aliphatic carbocycles. The Labute approximate surface area is 108 Å². The third-order valence-corrected chi connectivity index (χ3v) is 2.78. The molecule has 2 amide bonds. The molecule has 0 radical (unpaired) electrons. The van der Waals surface area contributed by atoms with Gasteiger partial charge in [0.2, 0.25) is 5.91 Å². The molecule has 104 valence electrons. The number of rotatable bonds is 1.